The van der Waals surface area contributed by atoms with Crippen molar-refractivity contribution in [3.8, 4) is 22.8 Å². The average molecular weight is 297 g/mol. The van der Waals surface area contributed by atoms with Crippen LogP contribution in [0.15, 0.2) is 42.5 Å². The van der Waals surface area contributed by atoms with Gasteiger partial charge in [-0.1, -0.05) is 0 Å². The number of nitrogens with zero attached hydrogens (tertiary/aromatic N) is 1. The van der Waals surface area contributed by atoms with Gasteiger partial charge in [-0.2, -0.15) is 0 Å². The Morgan fingerprint density at radius 1 is 0.955 bits per heavy atom. The molecule has 0 saturated carbocycles. The van der Waals surface area contributed by atoms with Crippen molar-refractivity contribution in [2.24, 2.45) is 0 Å². The van der Waals surface area contributed by atoms with Crippen molar-refractivity contribution in [1.29, 1.82) is 0 Å². The number of hydrogen-bond acceptors (Lipinski definition) is 2. The molecular formula is C18H21N2O2+. The number of fused-ring (bicyclic) bond motifs is 1. The Bertz CT molecular complexity index is 804. The maximum absolute atomic E-state index is 5.36. The van der Waals surface area contributed by atoms with Crippen LogP contribution in [0, 0.1) is 0 Å². The second kappa shape index (κ2) is 5.73. The Morgan fingerprint density at radius 3 is 2.18 bits per heavy atom. The third kappa shape index (κ3) is 2.22. The number of ether oxygens (including phenoxy) is 2. The first-order chi connectivity index (χ1) is 10.7. The summed E-state index contributed by atoms with van der Waals surface area (Å²) in [5, 5.41) is 1.16. The van der Waals surface area contributed by atoms with E-state index in [0.29, 0.717) is 0 Å². The van der Waals surface area contributed by atoms with Gasteiger partial charge in [-0.25, -0.2) is 0 Å². The number of hydrogen-bond donors (Lipinski definition) is 1. The van der Waals surface area contributed by atoms with Crippen LogP contribution < -0.4 is 15.2 Å². The van der Waals surface area contributed by atoms with Crippen LogP contribution in [0.25, 0.3) is 22.2 Å². The van der Waals surface area contributed by atoms with Crippen LogP contribution in [0.5, 0.6) is 11.5 Å². The van der Waals surface area contributed by atoms with Crippen molar-refractivity contribution in [2.75, 3.05) is 14.2 Å². The number of rotatable bonds is 4. The zero-order chi connectivity index (χ0) is 15.7. The van der Waals surface area contributed by atoms with Crippen LogP contribution in [0.1, 0.15) is 6.92 Å². The van der Waals surface area contributed by atoms with E-state index in [1.165, 1.54) is 0 Å². The van der Waals surface area contributed by atoms with E-state index < -0.39 is 0 Å². The SMILES string of the molecule is CCn1c(-c2ccc(OC)cc2)c([NH3+])c2ccc(OC)cc21. The Labute approximate surface area is 130 Å². The summed E-state index contributed by atoms with van der Waals surface area (Å²) in [6.07, 6.45) is 0. The molecule has 0 radical (unpaired) electrons. The molecule has 114 valence electrons. The maximum atomic E-state index is 5.36. The van der Waals surface area contributed by atoms with E-state index >= 15 is 0 Å². The van der Waals surface area contributed by atoms with E-state index in [2.05, 4.69) is 41.5 Å². The number of quaternary nitrogens is 1. The third-order valence-electron chi connectivity index (χ3n) is 4.06. The standard InChI is InChI=1S/C18H20N2O2/c1-4-20-16-11-14(22-3)9-10-15(16)17(19)18(20)12-5-7-13(21-2)8-6-12/h5-11H,4,19H2,1-3H3/p+1. The summed E-state index contributed by atoms with van der Waals surface area (Å²) in [4.78, 5) is 0. The molecule has 4 heteroatoms. The van der Waals surface area contributed by atoms with Crippen molar-refractivity contribution in [3.05, 3.63) is 42.5 Å². The van der Waals surface area contributed by atoms with Gasteiger partial charge in [0.1, 0.15) is 17.2 Å². The molecule has 1 aromatic heterocycles. The summed E-state index contributed by atoms with van der Waals surface area (Å²) in [6.45, 7) is 3.02. The molecule has 1 heterocycles. The van der Waals surface area contributed by atoms with E-state index in [4.69, 9.17) is 9.47 Å². The van der Waals surface area contributed by atoms with E-state index in [0.717, 1.165) is 45.9 Å². The van der Waals surface area contributed by atoms with Gasteiger partial charge in [0.25, 0.3) is 0 Å². The maximum Gasteiger partial charge on any atom is 0.161 e. The number of aryl methyl sites for hydroxylation is 1. The van der Waals surface area contributed by atoms with Gasteiger partial charge < -0.3 is 19.8 Å². The molecule has 0 atom stereocenters. The molecule has 0 bridgehead atoms. The van der Waals surface area contributed by atoms with E-state index in [1.54, 1.807) is 14.2 Å². The van der Waals surface area contributed by atoms with Gasteiger partial charge in [0.2, 0.25) is 0 Å². The molecule has 0 aliphatic rings. The van der Waals surface area contributed by atoms with Gasteiger partial charge in [-0.05, 0) is 43.3 Å². The lowest BCUT2D eigenvalue weighted by Gasteiger charge is -2.09. The van der Waals surface area contributed by atoms with Crippen LogP contribution in [0.3, 0.4) is 0 Å². The molecule has 0 fully saturated rings. The molecule has 22 heavy (non-hydrogen) atoms. The van der Waals surface area contributed by atoms with E-state index in [-0.39, 0.29) is 0 Å². The second-order valence-electron chi connectivity index (χ2n) is 5.18. The molecule has 0 saturated heterocycles. The third-order valence-corrected chi connectivity index (χ3v) is 4.06. The Balaban J connectivity index is 2.25. The first-order valence-electron chi connectivity index (χ1n) is 7.36. The normalized spacial score (nSPS) is 10.9. The minimum absolute atomic E-state index is 0.857. The van der Waals surface area contributed by atoms with Gasteiger partial charge in [0, 0.05) is 18.2 Å². The fourth-order valence-electron chi connectivity index (χ4n) is 2.94. The van der Waals surface area contributed by atoms with Gasteiger partial charge in [0.05, 0.1) is 25.1 Å². The molecule has 0 aliphatic carbocycles. The molecule has 3 N–H and O–H groups in total. The van der Waals surface area contributed by atoms with E-state index in [9.17, 15) is 0 Å². The predicted octanol–water partition coefficient (Wildman–Crippen LogP) is 3.22. The molecule has 4 nitrogen and oxygen atoms in total. The molecule has 0 aliphatic heterocycles. The van der Waals surface area contributed by atoms with Crippen LogP contribution in [0.2, 0.25) is 0 Å². The van der Waals surface area contributed by atoms with Gasteiger partial charge in [-0.15, -0.1) is 0 Å². The average Bonchev–Trinajstić information content (AvgIpc) is 2.86. The highest BCUT2D eigenvalue weighted by Gasteiger charge is 2.19. The summed E-state index contributed by atoms with van der Waals surface area (Å²) < 4.78 is 12.9. The molecule has 0 unspecified atom stereocenters. The van der Waals surface area contributed by atoms with Crippen LogP contribution in [-0.4, -0.2) is 18.8 Å². The lowest BCUT2D eigenvalue weighted by atomic mass is 10.1. The monoisotopic (exact) mass is 297 g/mol. The van der Waals surface area contributed by atoms with Gasteiger partial charge in [-0.3, -0.25) is 0 Å². The van der Waals surface area contributed by atoms with Crippen LogP contribution >= 0.6 is 0 Å². The van der Waals surface area contributed by atoms with Crippen molar-refractivity contribution in [3.63, 3.8) is 0 Å². The highest BCUT2D eigenvalue weighted by molar-refractivity contribution is 5.98. The summed E-state index contributed by atoms with van der Waals surface area (Å²) in [6, 6.07) is 14.2. The summed E-state index contributed by atoms with van der Waals surface area (Å²) in [5.74, 6) is 1.72. The lowest BCUT2D eigenvalue weighted by molar-refractivity contribution is -0.251. The quantitative estimate of drug-likeness (QED) is 0.804. The Hall–Kier alpha value is -2.46. The van der Waals surface area contributed by atoms with Crippen molar-refractivity contribution >= 4 is 16.6 Å². The Kier molecular flexibility index (Phi) is 3.77. The van der Waals surface area contributed by atoms with Gasteiger partial charge >= 0.3 is 0 Å². The zero-order valence-electron chi connectivity index (χ0n) is 13.2. The number of aromatic nitrogens is 1. The predicted molar refractivity (Wildman–Crippen MR) is 88.7 cm³/mol. The molecular weight excluding hydrogens is 276 g/mol. The minimum Gasteiger partial charge on any atom is -0.497 e. The van der Waals surface area contributed by atoms with Crippen molar-refractivity contribution in [2.45, 2.75) is 13.5 Å². The first-order valence-corrected chi connectivity index (χ1v) is 7.36. The van der Waals surface area contributed by atoms with Crippen LogP contribution in [0.4, 0.5) is 5.69 Å². The highest BCUT2D eigenvalue weighted by Crippen LogP contribution is 2.37. The lowest BCUT2D eigenvalue weighted by Crippen LogP contribution is -2.40. The minimum atomic E-state index is 0.857. The fraction of sp³-hybridized carbons (Fsp3) is 0.222. The Morgan fingerprint density at radius 2 is 1.59 bits per heavy atom. The first kappa shape index (κ1) is 14.5. The topological polar surface area (TPSA) is 51.0 Å². The molecule has 0 amide bonds. The van der Waals surface area contributed by atoms with E-state index in [1.807, 2.05) is 18.2 Å². The number of methoxy groups -OCH3 is 2. The largest absolute Gasteiger partial charge is 0.497 e. The zero-order valence-corrected chi connectivity index (χ0v) is 13.2. The number of benzene rings is 2. The van der Waals surface area contributed by atoms with Crippen molar-refractivity contribution < 1.29 is 15.2 Å². The molecule has 3 aromatic rings. The molecule has 2 aromatic carbocycles. The second-order valence-corrected chi connectivity index (χ2v) is 5.18. The molecule has 3 rings (SSSR count). The fourth-order valence-corrected chi connectivity index (χ4v) is 2.94. The summed E-state index contributed by atoms with van der Waals surface area (Å²) in [7, 11) is 3.37. The van der Waals surface area contributed by atoms with Gasteiger partial charge in [0.15, 0.2) is 5.69 Å². The summed E-state index contributed by atoms with van der Waals surface area (Å²) >= 11 is 0. The smallest absolute Gasteiger partial charge is 0.161 e. The van der Waals surface area contributed by atoms with Crippen molar-refractivity contribution in [1.82, 2.24) is 4.57 Å². The highest BCUT2D eigenvalue weighted by atomic mass is 16.5. The van der Waals surface area contributed by atoms with Crippen LogP contribution in [-0.2, 0) is 6.54 Å². The molecule has 0 spiro atoms. The summed E-state index contributed by atoms with van der Waals surface area (Å²) in [5.41, 5.74) is 8.78.